The molecule has 1 aromatic carbocycles. The van der Waals surface area contributed by atoms with Gasteiger partial charge in [-0.15, -0.1) is 0 Å². The van der Waals surface area contributed by atoms with Crippen LogP contribution in [0.3, 0.4) is 0 Å². The van der Waals surface area contributed by atoms with E-state index in [1.807, 2.05) is 24.3 Å². The molecule has 1 aromatic heterocycles. The molecule has 0 unspecified atom stereocenters. The Balaban J connectivity index is 2.02. The Morgan fingerprint density at radius 3 is 2.48 bits per heavy atom. The summed E-state index contributed by atoms with van der Waals surface area (Å²) < 4.78 is 1.44. The first-order valence-corrected chi connectivity index (χ1v) is 6.38. The van der Waals surface area contributed by atoms with E-state index in [2.05, 4.69) is 5.32 Å². The first-order valence-electron chi connectivity index (χ1n) is 6.38. The maximum atomic E-state index is 12.0. The second-order valence-electron chi connectivity index (χ2n) is 4.65. The smallest absolute Gasteiger partial charge is 0.287 e. The van der Waals surface area contributed by atoms with Crippen molar-refractivity contribution in [3.8, 4) is 0 Å². The van der Waals surface area contributed by atoms with Gasteiger partial charge in [0.1, 0.15) is 5.69 Å². The molecule has 0 atom stereocenters. The molecule has 7 heteroatoms. The summed E-state index contributed by atoms with van der Waals surface area (Å²) in [4.78, 5) is 22.2. The average Bonchev–Trinajstić information content (AvgIpc) is 2.87. The number of carbonyl (C=O) groups is 1. The number of nitrogens with two attached hydrogens (primary N) is 1. The van der Waals surface area contributed by atoms with Crippen molar-refractivity contribution >= 4 is 11.6 Å². The molecule has 0 aliphatic carbocycles. The number of hydrogen-bond acceptors (Lipinski definition) is 4. The summed E-state index contributed by atoms with van der Waals surface area (Å²) in [7, 11) is 1.60. The third-order valence-corrected chi connectivity index (χ3v) is 3.15. The summed E-state index contributed by atoms with van der Waals surface area (Å²) in [6.45, 7) is 0.822. The monoisotopic (exact) mass is 288 g/mol. The van der Waals surface area contributed by atoms with Crippen LogP contribution in [0.1, 0.15) is 21.6 Å². The lowest BCUT2D eigenvalue weighted by molar-refractivity contribution is -0.384. The number of aryl methyl sites for hydroxylation is 1. The van der Waals surface area contributed by atoms with Crippen molar-refractivity contribution in [3.63, 3.8) is 0 Å². The molecule has 110 valence electrons. The number of nitro groups is 1. The highest BCUT2D eigenvalue weighted by Gasteiger charge is 2.17. The van der Waals surface area contributed by atoms with Crippen molar-refractivity contribution in [1.82, 2.24) is 9.88 Å². The van der Waals surface area contributed by atoms with Crippen molar-refractivity contribution in [2.75, 3.05) is 0 Å². The van der Waals surface area contributed by atoms with E-state index < -0.39 is 4.92 Å². The summed E-state index contributed by atoms with van der Waals surface area (Å²) >= 11 is 0. The van der Waals surface area contributed by atoms with E-state index in [4.69, 9.17) is 5.73 Å². The van der Waals surface area contributed by atoms with E-state index in [0.29, 0.717) is 13.1 Å². The molecule has 2 rings (SSSR count). The quantitative estimate of drug-likeness (QED) is 0.639. The SMILES string of the molecule is Cn1cc([N+](=O)[O-])cc1C(=O)NCc1ccc(CN)cc1. The van der Waals surface area contributed by atoms with Crippen LogP contribution < -0.4 is 11.1 Å². The minimum absolute atomic E-state index is 0.102. The number of carbonyl (C=O) groups excluding carboxylic acids is 1. The maximum Gasteiger partial charge on any atom is 0.287 e. The van der Waals surface area contributed by atoms with Crippen LogP contribution in [0, 0.1) is 10.1 Å². The number of nitrogens with zero attached hydrogens (tertiary/aromatic N) is 2. The van der Waals surface area contributed by atoms with Gasteiger partial charge in [0, 0.05) is 26.2 Å². The molecule has 1 amide bonds. The molecule has 0 radical (unpaired) electrons. The molecule has 0 aliphatic heterocycles. The number of amides is 1. The Morgan fingerprint density at radius 2 is 1.95 bits per heavy atom. The maximum absolute atomic E-state index is 12.0. The zero-order valence-electron chi connectivity index (χ0n) is 11.6. The molecule has 0 saturated carbocycles. The Labute approximate surface area is 121 Å². The predicted octanol–water partition coefficient (Wildman–Crippen LogP) is 1.32. The van der Waals surface area contributed by atoms with Gasteiger partial charge in [0.2, 0.25) is 0 Å². The summed E-state index contributed by atoms with van der Waals surface area (Å²) in [6, 6.07) is 8.82. The van der Waals surface area contributed by atoms with Gasteiger partial charge in [0.25, 0.3) is 11.6 Å². The number of benzene rings is 1. The number of nitrogens with one attached hydrogen (secondary N) is 1. The molecule has 1 heterocycles. The van der Waals surface area contributed by atoms with Gasteiger partial charge in [0.15, 0.2) is 0 Å². The van der Waals surface area contributed by atoms with Gasteiger partial charge in [-0.05, 0) is 11.1 Å². The number of aromatic nitrogens is 1. The number of hydrogen-bond donors (Lipinski definition) is 2. The lowest BCUT2D eigenvalue weighted by atomic mass is 10.1. The highest BCUT2D eigenvalue weighted by molar-refractivity contribution is 5.93. The van der Waals surface area contributed by atoms with Crippen LogP contribution in [-0.4, -0.2) is 15.4 Å². The van der Waals surface area contributed by atoms with Crippen LogP contribution in [0.4, 0.5) is 5.69 Å². The third kappa shape index (κ3) is 3.46. The molecule has 7 nitrogen and oxygen atoms in total. The first kappa shape index (κ1) is 14.7. The minimum Gasteiger partial charge on any atom is -0.347 e. The first-order chi connectivity index (χ1) is 10.0. The van der Waals surface area contributed by atoms with Gasteiger partial charge < -0.3 is 15.6 Å². The molecule has 0 bridgehead atoms. The van der Waals surface area contributed by atoms with Gasteiger partial charge in [-0.1, -0.05) is 24.3 Å². The highest BCUT2D eigenvalue weighted by atomic mass is 16.6. The average molecular weight is 288 g/mol. The molecular weight excluding hydrogens is 272 g/mol. The molecular formula is C14H16N4O3. The van der Waals surface area contributed by atoms with Gasteiger partial charge in [-0.3, -0.25) is 14.9 Å². The normalized spacial score (nSPS) is 10.4. The minimum atomic E-state index is -0.525. The zero-order valence-corrected chi connectivity index (χ0v) is 11.6. The molecule has 3 N–H and O–H groups in total. The van der Waals surface area contributed by atoms with E-state index in [1.54, 1.807) is 7.05 Å². The van der Waals surface area contributed by atoms with Crippen LogP contribution in [0.25, 0.3) is 0 Å². The fraction of sp³-hybridized carbons (Fsp3) is 0.214. The molecule has 0 saturated heterocycles. The zero-order chi connectivity index (χ0) is 15.4. The molecule has 21 heavy (non-hydrogen) atoms. The van der Waals surface area contributed by atoms with E-state index >= 15 is 0 Å². The Morgan fingerprint density at radius 1 is 1.33 bits per heavy atom. The molecule has 0 fully saturated rings. The Hall–Kier alpha value is -2.67. The fourth-order valence-corrected chi connectivity index (χ4v) is 1.94. The standard InChI is InChI=1S/C14H16N4O3/c1-17-9-12(18(20)21)6-13(17)14(19)16-8-11-4-2-10(7-15)3-5-11/h2-6,9H,7-8,15H2,1H3,(H,16,19). The lowest BCUT2D eigenvalue weighted by Gasteiger charge is -2.06. The third-order valence-electron chi connectivity index (χ3n) is 3.15. The molecule has 2 aromatic rings. The van der Waals surface area contributed by atoms with E-state index in [1.165, 1.54) is 16.8 Å². The van der Waals surface area contributed by atoms with Gasteiger partial charge >= 0.3 is 0 Å². The van der Waals surface area contributed by atoms with E-state index in [0.717, 1.165) is 11.1 Å². The fourth-order valence-electron chi connectivity index (χ4n) is 1.94. The summed E-state index contributed by atoms with van der Waals surface area (Å²) in [5, 5.41) is 13.4. The van der Waals surface area contributed by atoms with Crippen LogP contribution in [0.5, 0.6) is 0 Å². The second kappa shape index (κ2) is 6.19. The summed E-state index contributed by atoms with van der Waals surface area (Å²) in [5.41, 5.74) is 7.61. The highest BCUT2D eigenvalue weighted by Crippen LogP contribution is 2.15. The van der Waals surface area contributed by atoms with Gasteiger partial charge in [-0.2, -0.15) is 0 Å². The summed E-state index contributed by atoms with van der Waals surface area (Å²) in [5.74, 6) is -0.353. The Bertz CT molecular complexity index is 661. The van der Waals surface area contributed by atoms with Crippen LogP contribution in [-0.2, 0) is 20.1 Å². The number of rotatable bonds is 5. The van der Waals surface area contributed by atoms with Crippen LogP contribution >= 0.6 is 0 Å². The van der Waals surface area contributed by atoms with Crippen molar-refractivity contribution in [2.24, 2.45) is 12.8 Å². The predicted molar refractivity (Wildman–Crippen MR) is 77.6 cm³/mol. The lowest BCUT2D eigenvalue weighted by Crippen LogP contribution is -2.24. The van der Waals surface area contributed by atoms with E-state index in [9.17, 15) is 14.9 Å². The topological polar surface area (TPSA) is 103 Å². The van der Waals surface area contributed by atoms with E-state index in [-0.39, 0.29) is 17.3 Å². The second-order valence-corrected chi connectivity index (χ2v) is 4.65. The molecule has 0 spiro atoms. The largest absolute Gasteiger partial charge is 0.347 e. The van der Waals surface area contributed by atoms with Crippen molar-refractivity contribution in [2.45, 2.75) is 13.1 Å². The summed E-state index contributed by atoms with van der Waals surface area (Å²) in [6.07, 6.45) is 1.31. The van der Waals surface area contributed by atoms with Crippen molar-refractivity contribution < 1.29 is 9.72 Å². The van der Waals surface area contributed by atoms with Gasteiger partial charge in [-0.25, -0.2) is 0 Å². The van der Waals surface area contributed by atoms with Crippen LogP contribution in [0.2, 0.25) is 0 Å². The molecule has 0 aliphatic rings. The Kier molecular flexibility index (Phi) is 4.34. The van der Waals surface area contributed by atoms with Crippen LogP contribution in [0.15, 0.2) is 36.5 Å². The van der Waals surface area contributed by atoms with Gasteiger partial charge in [0.05, 0.1) is 11.1 Å². The van der Waals surface area contributed by atoms with Crippen molar-refractivity contribution in [1.29, 1.82) is 0 Å². The van der Waals surface area contributed by atoms with Crippen molar-refractivity contribution in [3.05, 3.63) is 63.5 Å².